The molecule has 0 atom stereocenters. The average molecular weight is 531 g/mol. The molecule has 0 spiro atoms. The molecule has 0 radical (unpaired) electrons. The van der Waals surface area contributed by atoms with Gasteiger partial charge in [-0.3, -0.25) is 9.10 Å². The van der Waals surface area contributed by atoms with Crippen molar-refractivity contribution in [1.29, 1.82) is 0 Å². The van der Waals surface area contributed by atoms with E-state index < -0.39 is 15.9 Å². The standard InChI is InChI=1S/C25H27BrN2O4S/c1-16-6-8-20(9-7-16)28(33(30,31)21-10-11-23(32-5)22(26)14-21)15-24(29)27-25-18(3)12-17(2)13-19(25)4/h6-14H,15H2,1-5H3,(H,27,29). The third-order valence-electron chi connectivity index (χ3n) is 5.26. The SMILES string of the molecule is COc1ccc(S(=O)(=O)N(CC(=O)Nc2c(C)cc(C)cc2C)c2ccc(C)cc2)cc1Br. The number of rotatable bonds is 7. The number of methoxy groups -OCH3 is 1. The van der Waals surface area contributed by atoms with Crippen LogP contribution < -0.4 is 14.4 Å². The Kier molecular flexibility index (Phi) is 7.49. The topological polar surface area (TPSA) is 75.7 Å². The number of nitrogens with zero attached hydrogens (tertiary/aromatic N) is 1. The molecule has 174 valence electrons. The number of nitrogens with one attached hydrogen (secondary N) is 1. The fourth-order valence-corrected chi connectivity index (χ4v) is 5.79. The zero-order valence-electron chi connectivity index (χ0n) is 19.3. The first-order valence-corrected chi connectivity index (χ1v) is 12.6. The van der Waals surface area contributed by atoms with E-state index in [1.165, 1.54) is 19.2 Å². The molecule has 8 heteroatoms. The van der Waals surface area contributed by atoms with Gasteiger partial charge in [-0.25, -0.2) is 8.42 Å². The van der Waals surface area contributed by atoms with Crippen LogP contribution in [0.2, 0.25) is 0 Å². The van der Waals surface area contributed by atoms with Gasteiger partial charge >= 0.3 is 0 Å². The summed E-state index contributed by atoms with van der Waals surface area (Å²) in [5.41, 5.74) is 5.02. The zero-order chi connectivity index (χ0) is 24.3. The second kappa shape index (κ2) is 9.97. The van der Waals surface area contributed by atoms with E-state index in [0.29, 0.717) is 21.6 Å². The number of aryl methyl sites for hydroxylation is 4. The fraction of sp³-hybridized carbons (Fsp3) is 0.240. The molecule has 0 unspecified atom stereocenters. The number of amides is 1. The molecule has 3 rings (SSSR count). The van der Waals surface area contributed by atoms with Gasteiger partial charge in [0, 0.05) is 5.69 Å². The van der Waals surface area contributed by atoms with Gasteiger partial charge in [0.15, 0.2) is 0 Å². The van der Waals surface area contributed by atoms with Crippen molar-refractivity contribution < 1.29 is 17.9 Å². The normalized spacial score (nSPS) is 11.2. The molecule has 0 fully saturated rings. The third kappa shape index (κ3) is 5.57. The minimum Gasteiger partial charge on any atom is -0.496 e. The van der Waals surface area contributed by atoms with Crippen LogP contribution in [0.1, 0.15) is 22.3 Å². The smallest absolute Gasteiger partial charge is 0.264 e. The molecule has 33 heavy (non-hydrogen) atoms. The molecule has 0 aliphatic heterocycles. The van der Waals surface area contributed by atoms with Crippen LogP contribution in [0.4, 0.5) is 11.4 Å². The molecule has 0 saturated carbocycles. The van der Waals surface area contributed by atoms with Gasteiger partial charge in [-0.15, -0.1) is 0 Å². The van der Waals surface area contributed by atoms with E-state index in [-0.39, 0.29) is 11.4 Å². The maximum absolute atomic E-state index is 13.6. The van der Waals surface area contributed by atoms with E-state index >= 15 is 0 Å². The van der Waals surface area contributed by atoms with Crippen LogP contribution in [-0.2, 0) is 14.8 Å². The molecule has 0 saturated heterocycles. The van der Waals surface area contributed by atoms with E-state index in [1.807, 2.05) is 52.0 Å². The van der Waals surface area contributed by atoms with Crippen LogP contribution in [0.15, 0.2) is 64.0 Å². The maximum atomic E-state index is 13.6. The maximum Gasteiger partial charge on any atom is 0.264 e. The van der Waals surface area contributed by atoms with Gasteiger partial charge in [-0.1, -0.05) is 35.4 Å². The van der Waals surface area contributed by atoms with Crippen LogP contribution >= 0.6 is 15.9 Å². The fourth-order valence-electron chi connectivity index (χ4n) is 3.65. The summed E-state index contributed by atoms with van der Waals surface area (Å²) in [6, 6.07) is 15.5. The highest BCUT2D eigenvalue weighted by atomic mass is 79.9. The lowest BCUT2D eigenvalue weighted by Crippen LogP contribution is -2.38. The first-order valence-electron chi connectivity index (χ1n) is 10.3. The molecule has 0 aliphatic carbocycles. The summed E-state index contributed by atoms with van der Waals surface area (Å²) >= 11 is 3.34. The molecule has 1 amide bonds. The lowest BCUT2D eigenvalue weighted by Gasteiger charge is -2.25. The van der Waals surface area contributed by atoms with Gasteiger partial charge in [0.1, 0.15) is 12.3 Å². The molecule has 1 N–H and O–H groups in total. The van der Waals surface area contributed by atoms with Gasteiger partial charge in [0.2, 0.25) is 5.91 Å². The summed E-state index contributed by atoms with van der Waals surface area (Å²) in [5.74, 6) is 0.0840. The lowest BCUT2D eigenvalue weighted by atomic mass is 10.1. The number of sulfonamides is 1. The van der Waals surface area contributed by atoms with Crippen molar-refractivity contribution >= 4 is 43.2 Å². The van der Waals surface area contributed by atoms with Gasteiger partial charge in [0.05, 0.1) is 22.2 Å². The highest BCUT2D eigenvalue weighted by molar-refractivity contribution is 9.10. The van der Waals surface area contributed by atoms with E-state index in [1.54, 1.807) is 18.2 Å². The van der Waals surface area contributed by atoms with Crippen LogP contribution in [0, 0.1) is 27.7 Å². The zero-order valence-corrected chi connectivity index (χ0v) is 21.7. The van der Waals surface area contributed by atoms with Gasteiger partial charge in [-0.2, -0.15) is 0 Å². The number of hydrogen-bond donors (Lipinski definition) is 1. The molecule has 6 nitrogen and oxygen atoms in total. The summed E-state index contributed by atoms with van der Waals surface area (Å²) in [6.45, 7) is 7.36. The summed E-state index contributed by atoms with van der Waals surface area (Å²) in [5, 5.41) is 2.90. The Balaban J connectivity index is 1.99. The van der Waals surface area contributed by atoms with Crippen LogP contribution in [0.25, 0.3) is 0 Å². The van der Waals surface area contributed by atoms with Crippen molar-refractivity contribution in [3.05, 3.63) is 81.3 Å². The summed E-state index contributed by atoms with van der Waals surface area (Å²) in [6.07, 6.45) is 0. The molecule has 3 aromatic carbocycles. The minimum absolute atomic E-state index is 0.0475. The minimum atomic E-state index is -4.04. The van der Waals surface area contributed by atoms with Crippen molar-refractivity contribution in [2.24, 2.45) is 0 Å². The highest BCUT2D eigenvalue weighted by Gasteiger charge is 2.28. The summed E-state index contributed by atoms with van der Waals surface area (Å²) in [4.78, 5) is 13.1. The Morgan fingerprint density at radius 3 is 2.09 bits per heavy atom. The number of benzene rings is 3. The summed E-state index contributed by atoms with van der Waals surface area (Å²) < 4.78 is 34.1. The molecular weight excluding hydrogens is 504 g/mol. The van der Waals surface area contributed by atoms with Crippen molar-refractivity contribution in [3.63, 3.8) is 0 Å². The predicted octanol–water partition coefficient (Wildman–Crippen LogP) is 5.53. The molecule has 0 aromatic heterocycles. The highest BCUT2D eigenvalue weighted by Crippen LogP contribution is 2.31. The first kappa shape index (κ1) is 24.8. The number of anilines is 2. The Bertz CT molecular complexity index is 1270. The van der Waals surface area contributed by atoms with Crippen molar-refractivity contribution in [1.82, 2.24) is 0 Å². The van der Waals surface area contributed by atoms with Gasteiger partial charge in [-0.05, 0) is 85.1 Å². The van der Waals surface area contributed by atoms with Crippen molar-refractivity contribution in [3.8, 4) is 5.75 Å². The number of hydrogen-bond acceptors (Lipinski definition) is 4. The molecule has 3 aromatic rings. The molecule has 0 heterocycles. The second-order valence-electron chi connectivity index (χ2n) is 7.97. The molecular formula is C25H27BrN2O4S. The van der Waals surface area contributed by atoms with E-state index in [2.05, 4.69) is 21.2 Å². The lowest BCUT2D eigenvalue weighted by molar-refractivity contribution is -0.114. The first-order chi connectivity index (χ1) is 15.5. The quantitative estimate of drug-likeness (QED) is 0.436. The Morgan fingerprint density at radius 2 is 1.55 bits per heavy atom. The second-order valence-corrected chi connectivity index (χ2v) is 10.7. The monoisotopic (exact) mass is 530 g/mol. The third-order valence-corrected chi connectivity index (χ3v) is 7.65. The molecule has 0 aliphatic rings. The van der Waals surface area contributed by atoms with Crippen LogP contribution in [0.3, 0.4) is 0 Å². The average Bonchev–Trinajstić information content (AvgIpc) is 2.75. The van der Waals surface area contributed by atoms with Crippen LogP contribution in [0.5, 0.6) is 5.75 Å². The molecule has 0 bridgehead atoms. The number of halogens is 1. The Morgan fingerprint density at radius 1 is 0.939 bits per heavy atom. The van der Waals surface area contributed by atoms with Crippen LogP contribution in [-0.4, -0.2) is 28.0 Å². The Labute approximate surface area is 203 Å². The van der Waals surface area contributed by atoms with Gasteiger partial charge < -0.3 is 10.1 Å². The van der Waals surface area contributed by atoms with E-state index in [9.17, 15) is 13.2 Å². The number of carbonyl (C=O) groups excluding carboxylic acids is 1. The van der Waals surface area contributed by atoms with E-state index in [0.717, 1.165) is 26.6 Å². The Hall–Kier alpha value is -2.84. The summed E-state index contributed by atoms with van der Waals surface area (Å²) in [7, 11) is -2.54. The number of ether oxygens (including phenoxy) is 1. The van der Waals surface area contributed by atoms with E-state index in [4.69, 9.17) is 4.74 Å². The van der Waals surface area contributed by atoms with Crippen molar-refractivity contribution in [2.45, 2.75) is 32.6 Å². The predicted molar refractivity (Wildman–Crippen MR) is 136 cm³/mol. The largest absolute Gasteiger partial charge is 0.496 e. The van der Waals surface area contributed by atoms with Gasteiger partial charge in [0.25, 0.3) is 10.0 Å². The number of carbonyl (C=O) groups is 1. The van der Waals surface area contributed by atoms with Crippen molar-refractivity contribution in [2.75, 3.05) is 23.3 Å².